The van der Waals surface area contributed by atoms with Gasteiger partial charge in [0.25, 0.3) is 0 Å². The summed E-state index contributed by atoms with van der Waals surface area (Å²) < 4.78 is 66.8. The molecule has 2 saturated carbocycles. The van der Waals surface area contributed by atoms with Crippen molar-refractivity contribution in [1.29, 1.82) is 0 Å². The first-order chi connectivity index (χ1) is 46.8. The third kappa shape index (κ3) is 21.0. The minimum atomic E-state index is -4.78. The van der Waals surface area contributed by atoms with Crippen LogP contribution in [0.4, 0.5) is 13.2 Å². The van der Waals surface area contributed by atoms with Gasteiger partial charge in [-0.2, -0.15) is 13.2 Å². The summed E-state index contributed by atoms with van der Waals surface area (Å²) in [5, 5.41) is 10.7. The Kier molecular flexibility index (Phi) is 29.2. The molecule has 6 rings (SSSR count). The lowest BCUT2D eigenvalue weighted by Gasteiger charge is -2.40. The van der Waals surface area contributed by atoms with Crippen LogP contribution < -0.4 is 21.3 Å². The molecule has 1 spiro atoms. The van der Waals surface area contributed by atoms with Crippen LogP contribution in [0, 0.1) is 23.7 Å². The van der Waals surface area contributed by atoms with Crippen LogP contribution in [0.5, 0.6) is 0 Å². The number of carbonyl (C=O) groups excluding carboxylic acids is 12. The van der Waals surface area contributed by atoms with Crippen LogP contribution in [-0.4, -0.2) is 259 Å². The van der Waals surface area contributed by atoms with E-state index in [-0.39, 0.29) is 82.0 Å². The molecule has 3 heterocycles. The van der Waals surface area contributed by atoms with Gasteiger partial charge in [-0.25, -0.2) is 8.42 Å². The van der Waals surface area contributed by atoms with E-state index < -0.39 is 195 Å². The Hall–Kier alpha value is -7.11. The summed E-state index contributed by atoms with van der Waals surface area (Å²) in [6, 6.07) is -6.32. The fourth-order valence-electron chi connectivity index (χ4n) is 14.3. The quantitative estimate of drug-likeness (QED) is 0.232. The van der Waals surface area contributed by atoms with Gasteiger partial charge in [0, 0.05) is 61.9 Å². The largest absolute Gasteiger partial charge is 0.417 e. The van der Waals surface area contributed by atoms with Gasteiger partial charge in [-0.05, 0) is 92.7 Å². The zero-order valence-electron chi connectivity index (χ0n) is 60.2. The summed E-state index contributed by atoms with van der Waals surface area (Å²) in [5.41, 5.74) is -2.46. The SMILES string of the molecule is CC[C@H](C)[C@@H]1NC(=O)[C@H](CC(C)C)N(C)C(=O)C[C@@H](C(=O)N2CCS(=O)(=O)CC2)NC(=O)[C@H]([C@@H](C)CC)N(C)C(=O)C2(CCCC2)NC(=O)[C@@H]2CCCN2C(=O)[C@H](CCc2ccc(C(F)(F)F)c(Cl)c2)NC(=O)CN(C)C(=O)[C@H](CC2CCCCC2)N(C)C(=O)CN(C)C(=O)CN(C)C1=O. The molecule has 560 valence electrons. The average Bonchev–Trinajstić information content (AvgIpc) is 1.51. The number of aryl methyl sites for hydroxylation is 1. The summed E-state index contributed by atoms with van der Waals surface area (Å²) in [4.78, 5) is 187. The fourth-order valence-corrected chi connectivity index (χ4v) is 15.8. The van der Waals surface area contributed by atoms with Crippen molar-refractivity contribution in [2.75, 3.05) is 93.1 Å². The minimum absolute atomic E-state index is 0.000577. The summed E-state index contributed by atoms with van der Waals surface area (Å²) in [6.07, 6.45) is 0.820. The number of alkyl halides is 3. The molecule has 2 aliphatic carbocycles. The second-order valence-corrected chi connectivity index (χ2v) is 31.6. The van der Waals surface area contributed by atoms with E-state index in [0.29, 0.717) is 32.1 Å². The van der Waals surface area contributed by atoms with Gasteiger partial charge in [-0.1, -0.05) is 117 Å². The van der Waals surface area contributed by atoms with E-state index in [1.807, 2.05) is 13.8 Å². The number of carbonyl (C=O) groups is 12. The molecule has 0 radical (unpaired) electrons. The standard InChI is InChI=1S/C69H106ClF3N12O14S/c1-13-43(5)58-66(96)80(9)40-56(88)78(7)41-57(89)82(11)53(37-45-21-16-15-17-22-45)65(95)79(8)39-54(86)74-49(27-25-46-24-26-47(48(70)36-46)69(71,72)73)64(94)85-30-20-23-51(85)61(91)77-68(28-18-19-29-68)67(97)83(12)59(44(6)14-2)62(92)75-50(63(93)84-31-33-100(98,99)34-32-84)38-55(87)81(10)52(35-42(3)4)60(90)76-58/h24,26,36,42-45,49-53,58-59H,13-23,25,27-35,37-41H2,1-12H3,(H,74,86)(H,75,92)(H,76,90)(H,77,91)/t43-,44-,49-,50-,51-,52-,53-,58-,59-/m0/s1. The van der Waals surface area contributed by atoms with Crippen LogP contribution >= 0.6 is 11.6 Å². The first kappa shape index (κ1) is 81.9. The highest BCUT2D eigenvalue weighted by molar-refractivity contribution is 7.91. The van der Waals surface area contributed by atoms with E-state index >= 15 is 19.2 Å². The Morgan fingerprint density at radius 2 is 1.25 bits per heavy atom. The lowest BCUT2D eigenvalue weighted by Crippen LogP contribution is -2.65. The average molecular weight is 1450 g/mol. The van der Waals surface area contributed by atoms with E-state index in [4.69, 9.17) is 11.6 Å². The van der Waals surface area contributed by atoms with Crippen molar-refractivity contribution in [3.05, 3.63) is 34.3 Å². The number of hydrogen-bond donors (Lipinski definition) is 4. The number of nitrogens with zero attached hydrogens (tertiary/aromatic N) is 8. The van der Waals surface area contributed by atoms with Gasteiger partial charge in [-0.15, -0.1) is 0 Å². The second kappa shape index (κ2) is 35.7. The van der Waals surface area contributed by atoms with Crippen molar-refractivity contribution in [2.45, 2.75) is 211 Å². The van der Waals surface area contributed by atoms with Gasteiger partial charge in [0.05, 0.1) is 48.1 Å². The topological polar surface area (TPSA) is 313 Å². The zero-order valence-corrected chi connectivity index (χ0v) is 61.8. The molecule has 100 heavy (non-hydrogen) atoms. The third-order valence-corrected chi connectivity index (χ3v) is 22.9. The van der Waals surface area contributed by atoms with E-state index in [1.165, 1.54) is 68.0 Å². The number of likely N-dealkylation sites (N-methyl/N-ethyl adjacent to an activating group) is 6. The maximum Gasteiger partial charge on any atom is 0.417 e. The lowest BCUT2D eigenvalue weighted by atomic mass is 9.84. The van der Waals surface area contributed by atoms with Crippen molar-refractivity contribution in [1.82, 2.24) is 60.5 Å². The monoisotopic (exact) mass is 1450 g/mol. The molecule has 0 aromatic heterocycles. The number of amides is 12. The van der Waals surface area contributed by atoms with Crippen LogP contribution in [0.1, 0.15) is 162 Å². The van der Waals surface area contributed by atoms with Crippen LogP contribution in [0.15, 0.2) is 18.2 Å². The Labute approximate surface area is 591 Å². The van der Waals surface area contributed by atoms with Gasteiger partial charge in [0.1, 0.15) is 47.8 Å². The highest BCUT2D eigenvalue weighted by Gasteiger charge is 2.50. The molecule has 9 atom stereocenters. The molecule has 26 nitrogen and oxygen atoms in total. The molecule has 4 N–H and O–H groups in total. The molecule has 0 unspecified atom stereocenters. The molecule has 12 amide bonds. The normalized spacial score (nSPS) is 26.6. The number of halogens is 4. The third-order valence-electron chi connectivity index (χ3n) is 21.0. The zero-order chi connectivity index (χ0) is 74.5. The number of rotatable bonds is 12. The maximum absolute atomic E-state index is 15.4. The Balaban J connectivity index is 1.42. The molecule has 3 aliphatic heterocycles. The second-order valence-electron chi connectivity index (χ2n) is 28.8. The van der Waals surface area contributed by atoms with Crippen molar-refractivity contribution in [2.24, 2.45) is 23.7 Å². The van der Waals surface area contributed by atoms with E-state index in [1.54, 1.807) is 27.7 Å². The fraction of sp³-hybridized carbons (Fsp3) is 0.739. The Morgan fingerprint density at radius 3 is 1.84 bits per heavy atom. The minimum Gasteiger partial charge on any atom is -0.343 e. The Morgan fingerprint density at radius 1 is 0.650 bits per heavy atom. The molecule has 1 aromatic carbocycles. The molecule has 3 saturated heterocycles. The molecule has 1 aromatic rings. The molecule has 31 heteroatoms. The van der Waals surface area contributed by atoms with Gasteiger partial charge in [0.15, 0.2) is 9.84 Å². The molecule has 5 aliphatic rings. The lowest BCUT2D eigenvalue weighted by molar-refractivity contribution is -0.150. The van der Waals surface area contributed by atoms with Crippen LogP contribution in [0.2, 0.25) is 5.02 Å². The Bertz CT molecular complexity index is 3260. The number of hydrogen-bond acceptors (Lipinski definition) is 14. The highest BCUT2D eigenvalue weighted by Crippen LogP contribution is 2.37. The molecular weight excluding hydrogens is 1350 g/mol. The van der Waals surface area contributed by atoms with Gasteiger partial charge < -0.3 is 60.5 Å². The first-order valence-corrected chi connectivity index (χ1v) is 37.4. The number of sulfone groups is 1. The number of benzene rings is 1. The molecular formula is C69H106ClF3N12O14S. The summed E-state index contributed by atoms with van der Waals surface area (Å²) in [5.74, 6) is -11.1. The first-order valence-electron chi connectivity index (χ1n) is 35.2. The van der Waals surface area contributed by atoms with Crippen LogP contribution in [-0.2, 0) is 80.0 Å². The van der Waals surface area contributed by atoms with Gasteiger partial charge >= 0.3 is 6.18 Å². The summed E-state index contributed by atoms with van der Waals surface area (Å²) in [6.45, 7) is 8.31. The van der Waals surface area contributed by atoms with E-state index in [2.05, 4.69) is 21.3 Å². The molecule has 0 bridgehead atoms. The van der Waals surface area contributed by atoms with E-state index in [9.17, 15) is 59.9 Å². The summed E-state index contributed by atoms with van der Waals surface area (Å²) >= 11 is 6.13. The van der Waals surface area contributed by atoms with Crippen molar-refractivity contribution >= 4 is 92.3 Å². The summed E-state index contributed by atoms with van der Waals surface area (Å²) in [7, 11) is 4.66. The van der Waals surface area contributed by atoms with Crippen LogP contribution in [0.3, 0.4) is 0 Å². The van der Waals surface area contributed by atoms with Crippen LogP contribution in [0.25, 0.3) is 0 Å². The van der Waals surface area contributed by atoms with Crippen molar-refractivity contribution in [3.63, 3.8) is 0 Å². The predicted molar refractivity (Wildman–Crippen MR) is 367 cm³/mol. The van der Waals surface area contributed by atoms with Crippen molar-refractivity contribution in [3.8, 4) is 0 Å². The van der Waals surface area contributed by atoms with Gasteiger partial charge in [-0.3, -0.25) is 57.5 Å². The smallest absolute Gasteiger partial charge is 0.343 e. The number of nitrogens with one attached hydrogen (secondary N) is 4. The van der Waals surface area contributed by atoms with Gasteiger partial charge in [0.2, 0.25) is 70.9 Å². The maximum atomic E-state index is 15.4. The van der Waals surface area contributed by atoms with E-state index in [0.717, 1.165) is 63.8 Å². The highest BCUT2D eigenvalue weighted by atomic mass is 35.5. The predicted octanol–water partition coefficient (Wildman–Crippen LogP) is 3.79. The number of fused-ring (bicyclic) bond motifs is 1. The molecule has 5 fully saturated rings. The van der Waals surface area contributed by atoms with Crippen molar-refractivity contribution < 1.29 is 79.1 Å².